The predicted molar refractivity (Wildman–Crippen MR) is 93.9 cm³/mol. The van der Waals surface area contributed by atoms with E-state index in [-0.39, 0.29) is 5.56 Å². The Balaban J connectivity index is 1.51. The lowest BCUT2D eigenvalue weighted by atomic mass is 9.88. The van der Waals surface area contributed by atoms with Gasteiger partial charge in [0.1, 0.15) is 5.82 Å². The summed E-state index contributed by atoms with van der Waals surface area (Å²) < 4.78 is 0.788. The summed E-state index contributed by atoms with van der Waals surface area (Å²) in [4.78, 5) is 22.7. The Labute approximate surface area is 147 Å². The van der Waals surface area contributed by atoms with Crippen molar-refractivity contribution in [3.8, 4) is 0 Å². The largest absolute Gasteiger partial charge is 0.619 e. The smallest absolute Gasteiger partial charge is 0.255 e. The summed E-state index contributed by atoms with van der Waals surface area (Å²) in [6.07, 6.45) is 9.89. The molecule has 0 saturated heterocycles. The first-order valence-corrected chi connectivity index (χ1v) is 9.21. The maximum absolute atomic E-state index is 12.6. The van der Waals surface area contributed by atoms with Crippen LogP contribution in [0.5, 0.6) is 0 Å². The number of H-pyrrole nitrogens is 1. The molecule has 2 aliphatic rings. The minimum atomic E-state index is 0.0285. The van der Waals surface area contributed by atoms with Crippen LogP contribution in [0.15, 0.2) is 29.3 Å². The zero-order valence-electron chi connectivity index (χ0n) is 14.4. The molecule has 0 amide bonds. The third kappa shape index (κ3) is 3.58. The van der Waals surface area contributed by atoms with Gasteiger partial charge in [-0.15, -0.1) is 0 Å². The Morgan fingerprint density at radius 2 is 2.00 bits per heavy atom. The van der Waals surface area contributed by atoms with Crippen molar-refractivity contribution >= 4 is 0 Å². The van der Waals surface area contributed by atoms with Gasteiger partial charge in [-0.3, -0.25) is 9.69 Å². The fourth-order valence-corrected chi connectivity index (χ4v) is 4.01. The van der Waals surface area contributed by atoms with Gasteiger partial charge in [0.15, 0.2) is 12.4 Å². The average Bonchev–Trinajstić information content (AvgIpc) is 2.65. The molecular formula is C19H24N4O2. The van der Waals surface area contributed by atoms with Gasteiger partial charge in [0.05, 0.1) is 11.3 Å². The van der Waals surface area contributed by atoms with Gasteiger partial charge in [0, 0.05) is 44.1 Å². The third-order valence-corrected chi connectivity index (χ3v) is 5.44. The number of aromatic nitrogens is 3. The van der Waals surface area contributed by atoms with E-state index in [1.807, 2.05) is 12.1 Å². The lowest BCUT2D eigenvalue weighted by molar-refractivity contribution is -0.605. The second kappa shape index (κ2) is 6.96. The van der Waals surface area contributed by atoms with Crippen LogP contribution in [-0.4, -0.2) is 21.4 Å². The second-order valence-electron chi connectivity index (χ2n) is 7.24. The molecule has 6 heteroatoms. The predicted octanol–water partition coefficient (Wildman–Crippen LogP) is 2.01. The average molecular weight is 340 g/mol. The lowest BCUT2D eigenvalue weighted by Gasteiger charge is -2.28. The maximum atomic E-state index is 12.6. The lowest BCUT2D eigenvalue weighted by Crippen LogP contribution is -2.36. The number of nitrogens with one attached hydrogen (secondary N) is 1. The Kier molecular flexibility index (Phi) is 4.53. The Hall–Kier alpha value is -2.21. The number of fused-ring (bicyclic) bond motifs is 1. The molecule has 2 aromatic rings. The van der Waals surface area contributed by atoms with Gasteiger partial charge >= 0.3 is 0 Å². The van der Waals surface area contributed by atoms with Crippen molar-refractivity contribution in [1.82, 2.24) is 14.9 Å². The monoisotopic (exact) mass is 340 g/mol. The molecule has 0 bridgehead atoms. The summed E-state index contributed by atoms with van der Waals surface area (Å²) in [6.45, 7) is 2.25. The van der Waals surface area contributed by atoms with Gasteiger partial charge in [-0.05, 0) is 18.4 Å². The quantitative estimate of drug-likeness (QED) is 0.685. The van der Waals surface area contributed by atoms with Crippen molar-refractivity contribution in [3.05, 3.63) is 62.7 Å². The summed E-state index contributed by atoms with van der Waals surface area (Å²) in [5, 5.41) is 11.1. The van der Waals surface area contributed by atoms with E-state index in [9.17, 15) is 10.0 Å². The van der Waals surface area contributed by atoms with Crippen LogP contribution in [-0.2, 0) is 19.5 Å². The molecule has 0 atom stereocenters. The first-order chi connectivity index (χ1) is 12.2. The third-order valence-electron chi connectivity index (χ3n) is 5.44. The Morgan fingerprint density at radius 3 is 2.76 bits per heavy atom. The van der Waals surface area contributed by atoms with Crippen molar-refractivity contribution in [2.45, 2.75) is 57.5 Å². The van der Waals surface area contributed by atoms with E-state index < -0.39 is 0 Å². The van der Waals surface area contributed by atoms with Gasteiger partial charge in [0.2, 0.25) is 0 Å². The highest BCUT2D eigenvalue weighted by atomic mass is 16.5. The van der Waals surface area contributed by atoms with Crippen LogP contribution in [0.4, 0.5) is 0 Å². The van der Waals surface area contributed by atoms with E-state index in [0.29, 0.717) is 12.5 Å². The first-order valence-electron chi connectivity index (χ1n) is 9.21. The molecule has 0 radical (unpaired) electrons. The molecule has 1 N–H and O–H groups in total. The standard InChI is InChI=1S/C19H24N4O2/c24-19-16-13-22(12-14-6-10-23(25)11-7-14)9-8-17(16)20-18(21-19)15-4-2-1-3-5-15/h6-7,10-11,15H,1-5,8-9,12-13H2,(H,20,21,24). The molecule has 4 rings (SSSR count). The van der Waals surface area contributed by atoms with Crippen molar-refractivity contribution < 1.29 is 4.73 Å². The normalized spacial score (nSPS) is 18.9. The molecule has 132 valence electrons. The zero-order chi connectivity index (χ0) is 17.2. The minimum Gasteiger partial charge on any atom is -0.619 e. The summed E-state index contributed by atoms with van der Waals surface area (Å²) in [5.41, 5.74) is 2.89. The zero-order valence-corrected chi connectivity index (χ0v) is 14.4. The van der Waals surface area contributed by atoms with Crippen LogP contribution < -0.4 is 10.3 Å². The summed E-state index contributed by atoms with van der Waals surface area (Å²) in [7, 11) is 0. The maximum Gasteiger partial charge on any atom is 0.255 e. The van der Waals surface area contributed by atoms with E-state index in [4.69, 9.17) is 4.98 Å². The molecule has 1 aliphatic carbocycles. The molecule has 2 aromatic heterocycles. The highest BCUT2D eigenvalue weighted by Gasteiger charge is 2.24. The molecule has 0 aromatic carbocycles. The van der Waals surface area contributed by atoms with Gasteiger partial charge < -0.3 is 10.2 Å². The fraction of sp³-hybridized carbons (Fsp3) is 0.526. The Morgan fingerprint density at radius 1 is 1.24 bits per heavy atom. The minimum absolute atomic E-state index is 0.0285. The molecule has 6 nitrogen and oxygen atoms in total. The van der Waals surface area contributed by atoms with Crippen LogP contribution in [0.3, 0.4) is 0 Å². The number of rotatable bonds is 3. The van der Waals surface area contributed by atoms with Gasteiger partial charge in [-0.1, -0.05) is 19.3 Å². The van der Waals surface area contributed by atoms with Crippen molar-refractivity contribution in [3.63, 3.8) is 0 Å². The highest BCUT2D eigenvalue weighted by molar-refractivity contribution is 5.22. The second-order valence-corrected chi connectivity index (χ2v) is 7.24. The molecule has 0 unspecified atom stereocenters. The molecule has 0 spiro atoms. The topological polar surface area (TPSA) is 75.9 Å². The van der Waals surface area contributed by atoms with E-state index in [1.165, 1.54) is 31.7 Å². The number of hydrogen-bond acceptors (Lipinski definition) is 4. The van der Waals surface area contributed by atoms with Crippen molar-refractivity contribution in [2.75, 3.05) is 6.54 Å². The van der Waals surface area contributed by atoms with Gasteiger partial charge in [-0.25, -0.2) is 4.98 Å². The van der Waals surface area contributed by atoms with Crippen LogP contribution in [0.2, 0.25) is 0 Å². The van der Waals surface area contributed by atoms with Crippen LogP contribution in [0.1, 0.15) is 60.7 Å². The molecule has 25 heavy (non-hydrogen) atoms. The molecule has 3 heterocycles. The summed E-state index contributed by atoms with van der Waals surface area (Å²) in [6, 6.07) is 3.66. The van der Waals surface area contributed by atoms with E-state index >= 15 is 0 Å². The number of hydrogen-bond donors (Lipinski definition) is 1. The van der Waals surface area contributed by atoms with Crippen LogP contribution >= 0.6 is 0 Å². The highest BCUT2D eigenvalue weighted by Crippen LogP contribution is 2.30. The van der Waals surface area contributed by atoms with Crippen molar-refractivity contribution in [2.24, 2.45) is 0 Å². The van der Waals surface area contributed by atoms with Crippen molar-refractivity contribution in [1.29, 1.82) is 0 Å². The van der Waals surface area contributed by atoms with Crippen LogP contribution in [0.25, 0.3) is 0 Å². The van der Waals surface area contributed by atoms with Gasteiger partial charge in [-0.2, -0.15) is 4.73 Å². The molecule has 1 aliphatic heterocycles. The summed E-state index contributed by atoms with van der Waals surface area (Å²) in [5.74, 6) is 1.33. The number of nitrogens with zero attached hydrogens (tertiary/aromatic N) is 3. The number of aromatic amines is 1. The molecule has 1 saturated carbocycles. The SMILES string of the molecule is O=c1[nH]c(C2CCCCC2)nc2c1CN(Cc1cc[n+]([O-])cc1)CC2. The fourth-order valence-electron chi connectivity index (χ4n) is 4.01. The van der Waals surface area contributed by atoms with Crippen LogP contribution in [0, 0.1) is 5.21 Å². The van der Waals surface area contributed by atoms with E-state index in [1.54, 1.807) is 0 Å². The van der Waals surface area contributed by atoms with Gasteiger partial charge in [0.25, 0.3) is 5.56 Å². The first kappa shape index (κ1) is 16.3. The number of pyridine rings is 1. The molecular weight excluding hydrogens is 316 g/mol. The molecule has 1 fully saturated rings. The summed E-state index contributed by atoms with van der Waals surface area (Å²) >= 11 is 0. The van der Waals surface area contributed by atoms with E-state index in [0.717, 1.165) is 59.7 Å². The Bertz CT molecular complexity index is 794. The van der Waals surface area contributed by atoms with E-state index in [2.05, 4.69) is 9.88 Å².